The highest BCUT2D eigenvalue weighted by Gasteiger charge is 2.46. The maximum absolute atomic E-state index is 13.2. The van der Waals surface area contributed by atoms with Crippen LogP contribution in [0.4, 0.5) is 35.4 Å². The van der Waals surface area contributed by atoms with Crippen molar-refractivity contribution in [3.8, 4) is 0 Å². The first-order valence-corrected chi connectivity index (χ1v) is 14.5. The van der Waals surface area contributed by atoms with E-state index >= 15 is 0 Å². The number of alkyl halides is 3. The Labute approximate surface area is 223 Å². The number of benzene rings is 1. The van der Waals surface area contributed by atoms with E-state index in [1.165, 1.54) is 12.1 Å². The standard InChI is InChI=1S/C23H31F3N6O4S2/c1-6-16-8-7-15-9-17(27-29-22-30-28-20(37-22)21(33)36-12-14(4)5)18(31-38(34,35)23(24,25)26)10-19(15)32(16)11-13(2)3/h9-10,13-14,16,31H,6-8,11-12H2,1-5H3. The van der Waals surface area contributed by atoms with Gasteiger partial charge in [0.2, 0.25) is 5.01 Å². The van der Waals surface area contributed by atoms with Gasteiger partial charge < -0.3 is 9.64 Å². The molecule has 0 aliphatic carbocycles. The Morgan fingerprint density at radius 2 is 1.92 bits per heavy atom. The van der Waals surface area contributed by atoms with E-state index in [-0.39, 0.29) is 46.0 Å². The molecule has 2 heterocycles. The van der Waals surface area contributed by atoms with Crippen molar-refractivity contribution >= 4 is 49.5 Å². The number of azo groups is 1. The van der Waals surface area contributed by atoms with Gasteiger partial charge in [0.1, 0.15) is 5.69 Å². The van der Waals surface area contributed by atoms with Gasteiger partial charge in [-0.25, -0.2) is 4.79 Å². The average Bonchev–Trinajstić information content (AvgIpc) is 3.29. The monoisotopic (exact) mass is 576 g/mol. The van der Waals surface area contributed by atoms with Crippen LogP contribution < -0.4 is 9.62 Å². The zero-order chi connectivity index (χ0) is 28.3. The lowest BCUT2D eigenvalue weighted by atomic mass is 9.92. The van der Waals surface area contributed by atoms with Crippen LogP contribution in [0.2, 0.25) is 0 Å². The van der Waals surface area contributed by atoms with E-state index in [1.807, 2.05) is 34.6 Å². The molecule has 0 amide bonds. The first kappa shape index (κ1) is 29.7. The molecule has 1 unspecified atom stereocenters. The maximum atomic E-state index is 13.2. The zero-order valence-electron chi connectivity index (χ0n) is 21.7. The molecular formula is C23H31F3N6O4S2. The number of rotatable bonds is 10. The fourth-order valence-electron chi connectivity index (χ4n) is 3.93. The predicted molar refractivity (Wildman–Crippen MR) is 139 cm³/mol. The van der Waals surface area contributed by atoms with Crippen LogP contribution in [0.3, 0.4) is 0 Å². The second-order valence-corrected chi connectivity index (χ2v) is 12.4. The summed E-state index contributed by atoms with van der Waals surface area (Å²) in [6.07, 6.45) is 2.30. The molecule has 0 bridgehead atoms. The van der Waals surface area contributed by atoms with E-state index in [9.17, 15) is 26.4 Å². The van der Waals surface area contributed by atoms with Crippen molar-refractivity contribution in [2.75, 3.05) is 22.8 Å². The highest BCUT2D eigenvalue weighted by Crippen LogP contribution is 2.41. The van der Waals surface area contributed by atoms with E-state index in [1.54, 1.807) is 4.72 Å². The van der Waals surface area contributed by atoms with Gasteiger partial charge in [0.15, 0.2) is 0 Å². The Bertz CT molecular complexity index is 1280. The van der Waals surface area contributed by atoms with E-state index in [4.69, 9.17) is 4.74 Å². The molecule has 1 aliphatic rings. The molecule has 38 heavy (non-hydrogen) atoms. The number of aryl methyl sites for hydroxylation is 1. The number of carbonyl (C=O) groups is 1. The van der Waals surface area contributed by atoms with Crippen molar-refractivity contribution in [1.29, 1.82) is 0 Å². The number of hydrogen-bond acceptors (Lipinski definition) is 10. The third kappa shape index (κ3) is 7.18. The highest BCUT2D eigenvalue weighted by molar-refractivity contribution is 7.93. The van der Waals surface area contributed by atoms with Crippen molar-refractivity contribution in [3.05, 3.63) is 22.7 Å². The van der Waals surface area contributed by atoms with Gasteiger partial charge in [-0.05, 0) is 48.8 Å². The Balaban J connectivity index is 2.01. The van der Waals surface area contributed by atoms with Gasteiger partial charge in [0, 0.05) is 18.3 Å². The molecular weight excluding hydrogens is 545 g/mol. The molecule has 0 saturated heterocycles. The van der Waals surface area contributed by atoms with Gasteiger partial charge >= 0.3 is 21.5 Å². The second kappa shape index (κ2) is 11.9. The summed E-state index contributed by atoms with van der Waals surface area (Å²) < 4.78 is 70.4. The SMILES string of the molecule is CCC1CCc2cc(N=Nc3nnc(C(=O)OCC(C)C)s3)c(NS(=O)(=O)C(F)(F)F)cc2N1CC(C)C. The molecule has 1 N–H and O–H groups in total. The number of aromatic nitrogens is 2. The van der Waals surface area contributed by atoms with Crippen molar-refractivity contribution in [1.82, 2.24) is 10.2 Å². The molecule has 2 aromatic rings. The van der Waals surface area contributed by atoms with Crippen molar-refractivity contribution < 1.29 is 31.1 Å². The van der Waals surface area contributed by atoms with Gasteiger partial charge in [-0.3, -0.25) is 4.72 Å². The van der Waals surface area contributed by atoms with Crippen LogP contribution >= 0.6 is 11.3 Å². The molecule has 1 aromatic heterocycles. The summed E-state index contributed by atoms with van der Waals surface area (Å²) in [7, 11) is -5.72. The van der Waals surface area contributed by atoms with Gasteiger partial charge in [0.25, 0.3) is 5.13 Å². The molecule has 0 saturated carbocycles. The minimum atomic E-state index is -5.72. The number of nitrogens with zero attached hydrogens (tertiary/aromatic N) is 5. The lowest BCUT2D eigenvalue weighted by Gasteiger charge is -2.40. The van der Waals surface area contributed by atoms with Crippen LogP contribution in [0.25, 0.3) is 0 Å². The lowest BCUT2D eigenvalue weighted by molar-refractivity contribution is -0.0429. The third-order valence-corrected chi connectivity index (χ3v) is 7.54. The fourth-order valence-corrected chi connectivity index (χ4v) is 5.06. The van der Waals surface area contributed by atoms with Crippen LogP contribution in [0.1, 0.15) is 62.8 Å². The van der Waals surface area contributed by atoms with E-state index < -0.39 is 21.5 Å². The normalized spacial score (nSPS) is 16.4. The van der Waals surface area contributed by atoms with Gasteiger partial charge in [-0.1, -0.05) is 46.0 Å². The third-order valence-electron chi connectivity index (χ3n) is 5.66. The number of sulfonamides is 1. The quantitative estimate of drug-likeness (QED) is 0.263. The smallest absolute Gasteiger partial charge is 0.460 e. The summed E-state index contributed by atoms with van der Waals surface area (Å²) in [5.74, 6) is -0.290. The van der Waals surface area contributed by atoms with Gasteiger partial charge in [-0.2, -0.15) is 21.6 Å². The van der Waals surface area contributed by atoms with Crippen molar-refractivity contribution in [3.63, 3.8) is 0 Å². The van der Waals surface area contributed by atoms with E-state index in [2.05, 4.69) is 25.3 Å². The summed E-state index contributed by atoms with van der Waals surface area (Å²) >= 11 is 0.790. The molecule has 0 fully saturated rings. The van der Waals surface area contributed by atoms with Crippen LogP contribution in [0, 0.1) is 11.8 Å². The van der Waals surface area contributed by atoms with E-state index in [0.717, 1.165) is 29.7 Å². The summed E-state index contributed by atoms with van der Waals surface area (Å²) in [4.78, 5) is 14.2. The number of fused-ring (bicyclic) bond motifs is 1. The summed E-state index contributed by atoms with van der Waals surface area (Å²) in [5, 5.41) is 15.3. The largest absolute Gasteiger partial charge is 0.516 e. The zero-order valence-corrected chi connectivity index (χ0v) is 23.4. The molecule has 0 radical (unpaired) electrons. The number of nitrogens with one attached hydrogen (secondary N) is 1. The number of halogens is 3. The molecule has 1 aromatic carbocycles. The van der Waals surface area contributed by atoms with Gasteiger partial charge in [-0.15, -0.1) is 20.4 Å². The number of hydrogen-bond donors (Lipinski definition) is 1. The predicted octanol–water partition coefficient (Wildman–Crippen LogP) is 6.22. The summed E-state index contributed by atoms with van der Waals surface area (Å²) in [6.45, 7) is 10.7. The Morgan fingerprint density at radius 3 is 2.53 bits per heavy atom. The minimum Gasteiger partial charge on any atom is -0.460 e. The number of carbonyl (C=O) groups excluding carboxylic acids is 1. The maximum Gasteiger partial charge on any atom is 0.516 e. The van der Waals surface area contributed by atoms with Crippen molar-refractivity contribution in [2.24, 2.45) is 22.1 Å². The number of esters is 1. The Hall–Kier alpha value is -2.81. The molecule has 1 aliphatic heterocycles. The molecule has 10 nitrogen and oxygen atoms in total. The van der Waals surface area contributed by atoms with Gasteiger partial charge in [0.05, 0.1) is 12.3 Å². The highest BCUT2D eigenvalue weighted by atomic mass is 32.2. The Morgan fingerprint density at radius 1 is 1.21 bits per heavy atom. The van der Waals surface area contributed by atoms with Crippen LogP contribution in [0.15, 0.2) is 22.4 Å². The lowest BCUT2D eigenvalue weighted by Crippen LogP contribution is -2.41. The van der Waals surface area contributed by atoms with Crippen LogP contribution in [0.5, 0.6) is 0 Å². The first-order valence-electron chi connectivity index (χ1n) is 12.2. The summed E-state index contributed by atoms with van der Waals surface area (Å²) in [6, 6.07) is 3.08. The molecule has 0 spiro atoms. The molecule has 1 atom stereocenters. The number of ether oxygens (including phenoxy) is 1. The second-order valence-electron chi connectivity index (χ2n) is 9.78. The first-order chi connectivity index (χ1) is 17.7. The van der Waals surface area contributed by atoms with Crippen LogP contribution in [-0.4, -0.2) is 49.3 Å². The minimum absolute atomic E-state index is 0.0451. The van der Waals surface area contributed by atoms with Crippen LogP contribution in [-0.2, 0) is 21.2 Å². The molecule has 3 rings (SSSR count). The Kier molecular flexibility index (Phi) is 9.34. The van der Waals surface area contributed by atoms with E-state index in [0.29, 0.717) is 18.7 Å². The average molecular weight is 577 g/mol. The molecule has 210 valence electrons. The number of anilines is 2. The fraction of sp³-hybridized carbons (Fsp3) is 0.609. The van der Waals surface area contributed by atoms with Crippen molar-refractivity contribution in [2.45, 2.75) is 65.4 Å². The molecule has 15 heteroatoms. The topological polar surface area (TPSA) is 126 Å². The summed E-state index contributed by atoms with van der Waals surface area (Å²) in [5.41, 5.74) is -4.53.